The number of phenols is 1. The van der Waals surface area contributed by atoms with Crippen molar-refractivity contribution in [3.63, 3.8) is 0 Å². The molecule has 5 unspecified atom stereocenters. The molecule has 0 saturated carbocycles. The Balaban J connectivity index is 0.00000850. The molecule has 21 N–H and O–H groups in total. The van der Waals surface area contributed by atoms with E-state index in [1.165, 1.54) is 30.0 Å². The van der Waals surface area contributed by atoms with Gasteiger partial charge < -0.3 is 141 Å². The van der Waals surface area contributed by atoms with Gasteiger partial charge in [-0.1, -0.05) is 40.7 Å². The maximum Gasteiger partial charge on any atom is 2.00 e. The number of carboxylic acids is 3. The van der Waals surface area contributed by atoms with Gasteiger partial charge in [0.05, 0.1) is 80.8 Å². The van der Waals surface area contributed by atoms with Gasteiger partial charge in [-0.2, -0.15) is 5.70 Å². The number of aromatic hydroxyl groups is 1. The van der Waals surface area contributed by atoms with Crippen LogP contribution in [0.2, 0.25) is 0 Å². The molecule has 8 heterocycles. The van der Waals surface area contributed by atoms with E-state index in [4.69, 9.17) is 99.3 Å². The molecule has 1 aromatic heterocycles. The predicted molar refractivity (Wildman–Crippen MR) is 523 cm³/mol. The Bertz CT molecular complexity index is 5430. The summed E-state index contributed by atoms with van der Waals surface area (Å²) in [6, 6.07) is 6.60. The molecule has 2 aromatic carbocycles. The molecule has 10 rings (SSSR count). The van der Waals surface area contributed by atoms with Gasteiger partial charge in [-0.05, 0) is 150 Å². The predicted octanol–water partition coefficient (Wildman–Crippen LogP) is 3.48. The van der Waals surface area contributed by atoms with Gasteiger partial charge >= 0.3 is 46.8 Å². The van der Waals surface area contributed by atoms with Gasteiger partial charge in [0, 0.05) is 205 Å². The smallest absolute Gasteiger partial charge is 0.756 e. The number of benzene rings is 2. The Kier molecular flexibility index (Phi) is 43.4. The molecule has 8 bridgehead atoms. The van der Waals surface area contributed by atoms with Crippen molar-refractivity contribution >= 4 is 113 Å². The van der Waals surface area contributed by atoms with Crippen molar-refractivity contribution in [3.05, 3.63) is 99.6 Å². The average Bonchev–Trinajstić information content (AvgIpc) is 1.52. The van der Waals surface area contributed by atoms with Crippen molar-refractivity contribution in [1.29, 1.82) is 5.26 Å². The van der Waals surface area contributed by atoms with Crippen LogP contribution in [0.4, 0.5) is 15.3 Å². The fraction of sp³-hybridized carbons (Fsp3) is 0.635. The largest absolute Gasteiger partial charge is 2.00 e. The molecule has 3 aromatic rings. The van der Waals surface area contributed by atoms with Crippen LogP contribution >= 0.6 is 7.82 Å². The number of nitrogens with two attached hydrogens (primary N) is 6. The third kappa shape index (κ3) is 31.2. The zero-order chi connectivity index (χ0) is 106. The second kappa shape index (κ2) is 52.9. The number of aliphatic hydroxyl groups excluding tert-OH is 1. The molecular formula is C96H141CoN21O26P-. The number of nitrogens with zero attached hydrogens (tertiary/aromatic N) is 11. The Morgan fingerprint density at radius 2 is 1.18 bits per heavy atom. The number of aliphatic carboxylic acids is 3. The zero-order valence-electron chi connectivity index (χ0n) is 84.0. The van der Waals surface area contributed by atoms with Gasteiger partial charge in [-0.25, -0.2) is 14.6 Å². The van der Waals surface area contributed by atoms with Crippen molar-refractivity contribution in [2.75, 3.05) is 143 Å². The molecule has 801 valence electrons. The average molecular weight is 2100 g/mol. The van der Waals surface area contributed by atoms with E-state index in [0.717, 1.165) is 11.1 Å². The minimum atomic E-state index is -5.54. The first-order chi connectivity index (χ1) is 67.9. The summed E-state index contributed by atoms with van der Waals surface area (Å²) in [5, 5.41) is 74.6. The quantitative estimate of drug-likeness (QED) is 0.0166. The third-order valence-corrected chi connectivity index (χ3v) is 29.8. The number of aryl methyl sites for hydroxylation is 2. The van der Waals surface area contributed by atoms with E-state index in [1.54, 1.807) is 48.5 Å². The van der Waals surface area contributed by atoms with Gasteiger partial charge in [0.15, 0.2) is 6.23 Å². The number of phosphoric ester groups is 1. The number of rotatable bonds is 50. The molecule has 10 amide bonds. The van der Waals surface area contributed by atoms with Crippen LogP contribution < -0.4 is 60.6 Å². The molecule has 1 radical (unpaired) electrons. The molecule has 3 fully saturated rings. The molecule has 7 aliphatic rings. The number of anilines is 1. The number of hydrogen-bond acceptors (Lipinski definition) is 32. The summed E-state index contributed by atoms with van der Waals surface area (Å²) in [5.74, 6) is -11.1. The number of carbonyl (C=O) groups excluding carboxylic acids is 9. The number of aliphatic imine (C=N–C) groups is 3. The zero-order valence-corrected chi connectivity index (χ0v) is 86.0. The summed E-state index contributed by atoms with van der Waals surface area (Å²) in [7, 11) is -5.54. The molecule has 47 nitrogen and oxygen atoms in total. The number of hydrogen-bond donors (Lipinski definition) is 15. The van der Waals surface area contributed by atoms with Gasteiger partial charge in [0.25, 0.3) is 7.82 Å². The van der Waals surface area contributed by atoms with Crippen LogP contribution in [0.1, 0.15) is 169 Å². The number of aliphatic hydroxyl groups is 1. The maximum atomic E-state index is 14.7. The molecular weight excluding hydrogens is 1950 g/mol. The molecule has 145 heavy (non-hydrogen) atoms. The molecule has 0 aliphatic carbocycles. The first-order valence-corrected chi connectivity index (χ1v) is 49.7. The molecule has 7 aliphatic heterocycles. The number of fused-ring (bicyclic) bond motifs is 7. The standard InChI is InChI=1S/C95H143N20O26P.CN.Co/c1-54-40-66-67(41-55(54)2)115(53-105-66)88-83(130)84(69(139-88)52-138-90(132)103-25-13-35-136-37-39-137-38-36-135-34-12-24-102-89(131)106-60-14-18-68(116)59(42-60)48-111-26-28-112(49-78(124)125)30-32-114(51-80(128)129)33-31-113(29-27-111)50-79(126)127)141-142(133,134)140-56(3)47-104-77(123)22-23-92(8)64(43-74(99)120)87-95(11)94(10,46-76(101)122)63(17-21-73(98)119)82(110-95)58(5)86-93(9,45-75(100)121)61(15-19-71(96)117)65(107-86)44-70-91(6,7)62(16-20-72(97)118)81(108-70)57(4)85(92)109-87;1-2;/h14,18,40-42,44,53,56,61-64,69,83-84,87-88,130H,12-13,15-17,19-39,43,45-52H2,1-11H3,(H22,96,97,98,99,100,101,102,103,104,106,107,108,109,110,116,117,118,119,120,121,122,123,124,125,126,127,128,129,131,132,133,134);;/q;-1;+2/p-2/t56?,61-,62-,63-,64+,69-,83?,84?,87?,88+,92-,93+,94+,95+;;/m1../s1. The van der Waals surface area contributed by atoms with Gasteiger partial charge in [0.1, 0.15) is 30.7 Å². The van der Waals surface area contributed by atoms with Crippen molar-refractivity contribution in [3.8, 4) is 5.75 Å². The topological polar surface area (TPSA) is 721 Å². The first-order valence-electron chi connectivity index (χ1n) is 48.2. The van der Waals surface area contributed by atoms with Crippen LogP contribution in [0.5, 0.6) is 5.75 Å². The van der Waals surface area contributed by atoms with E-state index in [2.05, 4.69) is 26.3 Å². The van der Waals surface area contributed by atoms with Crippen LogP contribution in [0.15, 0.2) is 85.9 Å². The second-order valence-corrected chi connectivity index (χ2v) is 40.7. The van der Waals surface area contributed by atoms with Crippen LogP contribution in [-0.4, -0.2) is 317 Å². The summed E-state index contributed by atoms with van der Waals surface area (Å²) in [4.78, 5) is 198. The van der Waals surface area contributed by atoms with E-state index < -0.39 is 180 Å². The summed E-state index contributed by atoms with van der Waals surface area (Å²) in [6.45, 7) is 26.7. The number of alkyl carbamates (subject to hydrolysis) is 1. The fourth-order valence-electron chi connectivity index (χ4n) is 20.8. The van der Waals surface area contributed by atoms with E-state index in [9.17, 15) is 92.5 Å². The van der Waals surface area contributed by atoms with E-state index >= 15 is 0 Å². The fourth-order valence-corrected chi connectivity index (χ4v) is 21.9. The second-order valence-electron chi connectivity index (χ2n) is 39.4. The number of imidazole rings is 1. The number of primary amides is 6. The van der Waals surface area contributed by atoms with Crippen molar-refractivity contribution in [2.45, 2.75) is 208 Å². The number of carbonyl (C=O) groups is 12. The van der Waals surface area contributed by atoms with Crippen molar-refractivity contribution in [2.24, 2.45) is 94.7 Å². The van der Waals surface area contributed by atoms with E-state index in [-0.39, 0.29) is 205 Å². The minimum Gasteiger partial charge on any atom is -0.756 e. The van der Waals surface area contributed by atoms with E-state index in [1.807, 2.05) is 64.7 Å². The molecule has 0 spiro atoms. The number of ether oxygens (including phenoxy) is 5. The number of nitrogens with one attached hydrogen (secondary N) is 4. The van der Waals surface area contributed by atoms with Gasteiger partial charge in [0.2, 0.25) is 41.4 Å². The summed E-state index contributed by atoms with van der Waals surface area (Å²) in [6.07, 6.45) is -6.17. The van der Waals surface area contributed by atoms with Crippen molar-refractivity contribution in [1.82, 2.24) is 45.1 Å². The SMILES string of the molecule is C/C1=C2/[N-]C([C@H](CC(N)=O)[C@@]2(C)CCC(=O)NCC(C)OP(=O)([O-])OC2C(O)[C@@H](n3cnc4cc(C)c(C)cc43)O[C@@H]2COC(=O)NCCCOCCOCCOCCCNC(=O)Nc2ccc(O)c(CN3CCN(CC(=O)O)CCN(CC(=O)O)CCN(CC(=O)O)CC3)c2)[C@]2(C)N=C(/C(C)=C3N=C(/C=C4N=C1[C@@H](CCC(N)=O)C\4(C)C)[C@@H](CCC(N)=O)[C@]\3(C)CC(N)=O)[C@@H](CCC(N)=O)[C@]2(C)CC(N)=O.[C-]#N.[Co+2]. The van der Waals surface area contributed by atoms with Crippen LogP contribution in [-0.2, 0) is 109 Å². The normalized spacial score (nSPS) is 27.0. The number of phosphoric acid groups is 1. The monoisotopic (exact) mass is 2090 g/mol. The minimum absolute atomic E-state index is 0. The number of phenolic OH excluding ortho intramolecular Hbond substituents is 1. The van der Waals surface area contributed by atoms with Crippen LogP contribution in [0.25, 0.3) is 16.4 Å². The Labute approximate surface area is 852 Å². The summed E-state index contributed by atoms with van der Waals surface area (Å²) < 4.78 is 55.9. The number of allylic oxidation sites excluding steroid dienone is 6. The first kappa shape index (κ1) is 119. The Hall–Kier alpha value is -11.3. The van der Waals surface area contributed by atoms with Crippen molar-refractivity contribution < 1.29 is 142 Å². The Morgan fingerprint density at radius 3 is 1.72 bits per heavy atom. The third-order valence-electron chi connectivity index (χ3n) is 28.6. The summed E-state index contributed by atoms with van der Waals surface area (Å²) in [5.41, 5.74) is 37.0. The molecule has 49 heteroatoms. The Morgan fingerprint density at radius 1 is 0.648 bits per heavy atom. The number of carboxylic acid groups (broad SMARTS) is 3. The number of aromatic nitrogens is 2. The van der Waals surface area contributed by atoms with Crippen LogP contribution in [0, 0.1) is 71.0 Å². The molecule has 15 atom stereocenters. The van der Waals surface area contributed by atoms with Gasteiger partial charge in [-0.15, -0.1) is 0 Å². The number of urea groups is 1. The van der Waals surface area contributed by atoms with Gasteiger partial charge in [-0.3, -0.25) is 87.1 Å². The van der Waals surface area contributed by atoms with Crippen LogP contribution in [0.3, 0.4) is 0 Å². The summed E-state index contributed by atoms with van der Waals surface area (Å²) >= 11 is 0. The maximum absolute atomic E-state index is 14.7. The molecule has 3 saturated heterocycles. The number of amides is 10. The van der Waals surface area contributed by atoms with E-state index in [0.29, 0.717) is 100 Å².